The Morgan fingerprint density at radius 2 is 1.79 bits per heavy atom. The second-order valence-electron chi connectivity index (χ2n) is 11.6. The fourth-order valence-electron chi connectivity index (χ4n) is 5.89. The van der Waals surface area contributed by atoms with E-state index in [0.717, 1.165) is 11.6 Å². The van der Waals surface area contributed by atoms with Gasteiger partial charge in [0.2, 0.25) is 5.60 Å². The topological polar surface area (TPSA) is 116 Å². The smallest absolute Gasteiger partial charge is 0.422 e. The summed E-state index contributed by atoms with van der Waals surface area (Å²) in [4.78, 5) is 24.1. The number of aromatic nitrogens is 1. The van der Waals surface area contributed by atoms with E-state index in [-0.39, 0.29) is 54.5 Å². The molecule has 0 radical (unpaired) electrons. The summed E-state index contributed by atoms with van der Waals surface area (Å²) in [5, 5.41) is 23.1. The highest BCUT2D eigenvalue weighted by Gasteiger charge is 2.57. The van der Waals surface area contributed by atoms with Gasteiger partial charge in [-0.2, -0.15) is 13.2 Å². The van der Waals surface area contributed by atoms with Gasteiger partial charge in [-0.15, -0.1) is 0 Å². The number of β-amino-alcohol motifs (C(OH)–C–C–N with tert-alkyl or cyclic N) is 1. The highest BCUT2D eigenvalue weighted by molar-refractivity contribution is 5.88. The van der Waals surface area contributed by atoms with Gasteiger partial charge in [-0.05, 0) is 55.2 Å². The maximum Gasteiger partial charge on any atom is 0.422 e. The van der Waals surface area contributed by atoms with E-state index in [1.165, 1.54) is 36.1 Å². The van der Waals surface area contributed by atoms with Crippen LogP contribution in [-0.4, -0.2) is 71.1 Å². The van der Waals surface area contributed by atoms with E-state index in [2.05, 4.69) is 0 Å². The number of nitro benzene ring substituents is 1. The first-order valence-corrected chi connectivity index (χ1v) is 15.4. The zero-order valence-corrected chi connectivity index (χ0v) is 26.5. The lowest BCUT2D eigenvalue weighted by atomic mass is 9.91. The average Bonchev–Trinajstić information content (AvgIpc) is 3.43. The maximum absolute atomic E-state index is 14.9. The number of benzene rings is 3. The summed E-state index contributed by atoms with van der Waals surface area (Å²) >= 11 is 0. The van der Waals surface area contributed by atoms with E-state index < -0.39 is 29.2 Å². The van der Waals surface area contributed by atoms with Crippen molar-refractivity contribution < 1.29 is 42.2 Å². The van der Waals surface area contributed by atoms with Crippen molar-refractivity contribution in [2.45, 2.75) is 44.2 Å². The number of hydrogen-bond donors (Lipinski definition) is 1. The van der Waals surface area contributed by atoms with Crippen LogP contribution in [-0.2, 0) is 21.7 Å². The molecule has 10 nitrogen and oxygen atoms in total. The number of nitro groups is 1. The van der Waals surface area contributed by atoms with Gasteiger partial charge in [-0.3, -0.25) is 15.0 Å². The van der Waals surface area contributed by atoms with Gasteiger partial charge >= 0.3 is 12.1 Å². The molecule has 0 aliphatic carbocycles. The normalized spacial score (nSPS) is 15.8. The summed E-state index contributed by atoms with van der Waals surface area (Å²) in [5.41, 5.74) is -2.20. The number of hydrogen-bond acceptors (Lipinski definition) is 8. The number of ether oxygens (including phenoxy) is 3. The van der Waals surface area contributed by atoms with Gasteiger partial charge in [-0.1, -0.05) is 36.4 Å². The van der Waals surface area contributed by atoms with Gasteiger partial charge in [0.15, 0.2) is 11.5 Å². The summed E-state index contributed by atoms with van der Waals surface area (Å²) in [5.74, 6) is 0.418. The van der Waals surface area contributed by atoms with Crippen LogP contribution in [0, 0.1) is 10.1 Å². The highest BCUT2D eigenvalue weighted by Crippen LogP contribution is 2.44. The Kier molecular flexibility index (Phi) is 10.4. The first-order chi connectivity index (χ1) is 22.9. The number of halogens is 3. The van der Waals surface area contributed by atoms with Crippen molar-refractivity contribution in [3.8, 4) is 11.5 Å². The molecule has 1 N–H and O–H groups in total. The van der Waals surface area contributed by atoms with Crippen LogP contribution in [0.2, 0.25) is 0 Å². The summed E-state index contributed by atoms with van der Waals surface area (Å²) in [6, 6.07) is 17.8. The molecule has 1 unspecified atom stereocenters. The zero-order valence-electron chi connectivity index (χ0n) is 26.5. The summed E-state index contributed by atoms with van der Waals surface area (Å²) in [6.45, 7) is 1.85. The maximum atomic E-state index is 14.9. The largest absolute Gasteiger partial charge is 0.493 e. The van der Waals surface area contributed by atoms with Crippen molar-refractivity contribution in [1.29, 1.82) is 0 Å². The quantitative estimate of drug-likeness (QED) is 0.0791. The molecule has 0 amide bonds. The molecule has 1 atom stereocenters. The number of alkyl halides is 3. The van der Waals surface area contributed by atoms with Crippen molar-refractivity contribution in [2.75, 3.05) is 33.4 Å². The predicted octanol–water partition coefficient (Wildman–Crippen LogP) is 6.48. The number of aliphatic hydroxyl groups is 1. The first kappa shape index (κ1) is 34.5. The van der Waals surface area contributed by atoms with Crippen LogP contribution in [0.15, 0.2) is 79.0 Å². The average molecular weight is 668 g/mol. The highest BCUT2D eigenvalue weighted by atomic mass is 19.4. The van der Waals surface area contributed by atoms with E-state index in [1.54, 1.807) is 60.4 Å². The molecule has 0 saturated carbocycles. The molecular formula is C35H36F3N3O7. The third-order valence-electron chi connectivity index (χ3n) is 8.35. The molecular weight excluding hydrogens is 631 g/mol. The second-order valence-corrected chi connectivity index (χ2v) is 11.6. The SMILES string of the molecule is CCOC(=O)/C=C/c1ccc(OC2CCN(CC(O)(c3cn(Cc4ccccc4)c4cc([N+](=O)[O-])ccc34)C(F)(F)F)CC2)c(OC)c1. The first-order valence-electron chi connectivity index (χ1n) is 15.4. The van der Waals surface area contributed by atoms with Crippen LogP contribution in [0.1, 0.15) is 36.5 Å². The predicted molar refractivity (Wildman–Crippen MR) is 173 cm³/mol. The van der Waals surface area contributed by atoms with Crippen LogP contribution < -0.4 is 9.47 Å². The Morgan fingerprint density at radius 3 is 2.44 bits per heavy atom. The number of piperidine rings is 1. The Labute approximate surface area is 275 Å². The van der Waals surface area contributed by atoms with Crippen molar-refractivity contribution in [1.82, 2.24) is 9.47 Å². The van der Waals surface area contributed by atoms with Gasteiger partial charge < -0.3 is 23.9 Å². The van der Waals surface area contributed by atoms with Crippen LogP contribution in [0.4, 0.5) is 18.9 Å². The molecule has 0 spiro atoms. The molecule has 1 aliphatic heterocycles. The minimum Gasteiger partial charge on any atom is -0.493 e. The number of rotatable bonds is 12. The fraction of sp³-hybridized carbons (Fsp3) is 0.343. The number of methoxy groups -OCH3 is 1. The molecule has 1 saturated heterocycles. The van der Waals surface area contributed by atoms with Gasteiger partial charge in [-0.25, -0.2) is 4.79 Å². The van der Waals surface area contributed by atoms with Gasteiger partial charge in [0.25, 0.3) is 5.69 Å². The molecule has 254 valence electrons. The molecule has 1 aliphatic rings. The second kappa shape index (κ2) is 14.5. The molecule has 4 aromatic rings. The number of esters is 1. The van der Waals surface area contributed by atoms with Crippen LogP contribution >= 0.6 is 0 Å². The molecule has 13 heteroatoms. The molecule has 1 aromatic heterocycles. The number of non-ortho nitro benzene ring substituents is 1. The Morgan fingerprint density at radius 1 is 1.06 bits per heavy atom. The molecule has 5 rings (SSSR count). The molecule has 1 fully saturated rings. The number of nitrogens with zero attached hydrogens (tertiary/aromatic N) is 3. The minimum atomic E-state index is -5.05. The van der Waals surface area contributed by atoms with Crippen molar-refractivity contribution in [3.05, 3.63) is 106 Å². The Hall–Kier alpha value is -4.88. The van der Waals surface area contributed by atoms with Crippen LogP contribution in [0.25, 0.3) is 17.0 Å². The molecule has 3 aromatic carbocycles. The number of fused-ring (bicyclic) bond motifs is 1. The lowest BCUT2D eigenvalue weighted by Gasteiger charge is -2.39. The minimum absolute atomic E-state index is 0.0854. The number of carbonyl (C=O) groups is 1. The van der Waals surface area contributed by atoms with Crippen LogP contribution in [0.5, 0.6) is 11.5 Å². The summed E-state index contributed by atoms with van der Waals surface area (Å²) in [7, 11) is 1.48. The third-order valence-corrected chi connectivity index (χ3v) is 8.35. The monoisotopic (exact) mass is 667 g/mol. The number of likely N-dealkylation sites (tertiary alicyclic amines) is 1. The van der Waals surface area contributed by atoms with E-state index in [9.17, 15) is 33.2 Å². The third kappa shape index (κ3) is 7.63. The molecule has 48 heavy (non-hydrogen) atoms. The lowest BCUT2D eigenvalue weighted by Crippen LogP contribution is -2.53. The molecule has 2 heterocycles. The van der Waals surface area contributed by atoms with Crippen molar-refractivity contribution in [3.63, 3.8) is 0 Å². The van der Waals surface area contributed by atoms with Gasteiger partial charge in [0.05, 0.1) is 24.2 Å². The Balaban J connectivity index is 1.34. The summed E-state index contributed by atoms with van der Waals surface area (Å²) in [6.07, 6.45) is -0.434. The Bertz CT molecular complexity index is 1780. The van der Waals surface area contributed by atoms with Crippen LogP contribution in [0.3, 0.4) is 0 Å². The van der Waals surface area contributed by atoms with E-state index in [1.807, 2.05) is 6.07 Å². The number of carbonyl (C=O) groups excluding carboxylic acids is 1. The van der Waals surface area contributed by atoms with E-state index in [0.29, 0.717) is 29.9 Å². The van der Waals surface area contributed by atoms with E-state index in [4.69, 9.17) is 14.2 Å². The molecule has 0 bridgehead atoms. The fourth-order valence-corrected chi connectivity index (χ4v) is 5.89. The van der Waals surface area contributed by atoms with Crippen molar-refractivity contribution >= 4 is 28.6 Å². The lowest BCUT2D eigenvalue weighted by molar-refractivity contribution is -0.384. The zero-order chi connectivity index (χ0) is 34.5. The summed E-state index contributed by atoms with van der Waals surface area (Å²) < 4.78 is 62.6. The van der Waals surface area contributed by atoms with Gasteiger partial charge in [0.1, 0.15) is 6.10 Å². The van der Waals surface area contributed by atoms with E-state index >= 15 is 0 Å². The van der Waals surface area contributed by atoms with Gasteiger partial charge in [0, 0.05) is 61.5 Å². The standard InChI is InChI=1S/C35H36F3N3O7/c1-3-47-33(42)14-10-24-9-13-31(32(19-24)46-2)48-27-15-17-39(18-16-27)23-34(43,35(36,37)38)29-22-40(21-25-7-5-4-6-8-25)30-20-26(41(44)45)11-12-28(29)30/h4-14,19-20,22,27,43H,3,15-18,21,23H2,1-2H3/b14-10+. The van der Waals surface area contributed by atoms with Crippen molar-refractivity contribution in [2.24, 2.45) is 0 Å².